The van der Waals surface area contributed by atoms with Crippen molar-refractivity contribution in [2.24, 2.45) is 10.7 Å². The van der Waals surface area contributed by atoms with Crippen LogP contribution < -0.4 is 11.1 Å². The minimum atomic E-state index is 0. The van der Waals surface area contributed by atoms with E-state index >= 15 is 0 Å². The van der Waals surface area contributed by atoms with E-state index in [-0.39, 0.29) is 24.0 Å². The van der Waals surface area contributed by atoms with E-state index < -0.39 is 0 Å². The van der Waals surface area contributed by atoms with Crippen molar-refractivity contribution in [3.8, 4) is 0 Å². The summed E-state index contributed by atoms with van der Waals surface area (Å²) in [5.41, 5.74) is 9.79. The minimum Gasteiger partial charge on any atom is -0.378 e. The molecule has 0 spiro atoms. The number of hydrogen-bond donors (Lipinski definition) is 2. The lowest BCUT2D eigenvalue weighted by Gasteiger charge is -2.22. The highest BCUT2D eigenvalue weighted by Crippen LogP contribution is 2.22. The van der Waals surface area contributed by atoms with Crippen molar-refractivity contribution in [2.45, 2.75) is 64.9 Å². The molecule has 1 fully saturated rings. The third-order valence-corrected chi connectivity index (χ3v) is 4.49. The molecule has 1 aliphatic heterocycles. The Kier molecular flexibility index (Phi) is 10.3. The highest BCUT2D eigenvalue weighted by molar-refractivity contribution is 14.0. The largest absolute Gasteiger partial charge is 0.378 e. The molecule has 136 valence electrons. The van der Waals surface area contributed by atoms with E-state index in [1.807, 2.05) is 0 Å². The second kappa shape index (κ2) is 11.7. The number of ether oxygens (including phenoxy) is 1. The lowest BCUT2D eigenvalue weighted by Crippen LogP contribution is -2.24. The maximum Gasteiger partial charge on any atom is 0.193 e. The van der Waals surface area contributed by atoms with Crippen molar-refractivity contribution < 1.29 is 4.74 Å². The normalized spacial score (nSPS) is 18.1. The van der Waals surface area contributed by atoms with Crippen molar-refractivity contribution in [1.29, 1.82) is 0 Å². The predicted octanol–water partition coefficient (Wildman–Crippen LogP) is 4.51. The number of aliphatic imine (C=N–C) groups is 1. The van der Waals surface area contributed by atoms with Crippen molar-refractivity contribution in [3.63, 3.8) is 0 Å². The van der Waals surface area contributed by atoms with Crippen LogP contribution in [0, 0.1) is 0 Å². The zero-order chi connectivity index (χ0) is 16.5. The number of guanidine groups is 1. The van der Waals surface area contributed by atoms with Gasteiger partial charge in [-0.2, -0.15) is 0 Å². The van der Waals surface area contributed by atoms with Gasteiger partial charge in [-0.05, 0) is 56.1 Å². The zero-order valence-corrected chi connectivity index (χ0v) is 17.3. The van der Waals surface area contributed by atoms with Crippen molar-refractivity contribution in [2.75, 3.05) is 18.5 Å². The van der Waals surface area contributed by atoms with E-state index in [1.54, 1.807) is 0 Å². The molecule has 1 heterocycles. The van der Waals surface area contributed by atoms with E-state index in [0.29, 0.717) is 12.1 Å². The molecule has 0 amide bonds. The van der Waals surface area contributed by atoms with Gasteiger partial charge in [-0.3, -0.25) is 4.99 Å². The van der Waals surface area contributed by atoms with Crippen LogP contribution in [0.4, 0.5) is 5.69 Å². The van der Waals surface area contributed by atoms with E-state index in [2.05, 4.69) is 42.4 Å². The number of rotatable bonds is 7. The average molecular weight is 445 g/mol. The van der Waals surface area contributed by atoms with Crippen LogP contribution >= 0.6 is 24.0 Å². The van der Waals surface area contributed by atoms with Gasteiger partial charge in [0.2, 0.25) is 0 Å². The second-order valence-electron chi connectivity index (χ2n) is 6.18. The number of nitrogens with zero attached hydrogens (tertiary/aromatic N) is 1. The number of halogens is 1. The molecular formula is C19H32IN3O. The Hall–Kier alpha value is -0.820. The van der Waals surface area contributed by atoms with Crippen molar-refractivity contribution >= 4 is 35.6 Å². The summed E-state index contributed by atoms with van der Waals surface area (Å²) in [6, 6.07) is 6.41. The van der Waals surface area contributed by atoms with Crippen LogP contribution in [-0.4, -0.2) is 25.2 Å². The van der Waals surface area contributed by atoms with Crippen LogP contribution in [0.15, 0.2) is 23.2 Å². The second-order valence-corrected chi connectivity index (χ2v) is 6.18. The fourth-order valence-electron chi connectivity index (χ4n) is 3.12. The van der Waals surface area contributed by atoms with E-state index in [0.717, 1.165) is 44.5 Å². The summed E-state index contributed by atoms with van der Waals surface area (Å²) in [5, 5.41) is 3.32. The number of nitrogens with one attached hydrogen (secondary N) is 1. The fourth-order valence-corrected chi connectivity index (χ4v) is 3.12. The minimum absolute atomic E-state index is 0. The Morgan fingerprint density at radius 1 is 1.25 bits per heavy atom. The maximum absolute atomic E-state index is 6.08. The smallest absolute Gasteiger partial charge is 0.193 e. The molecule has 2 rings (SSSR count). The molecule has 0 radical (unpaired) electrons. The third-order valence-electron chi connectivity index (χ3n) is 4.49. The van der Waals surface area contributed by atoms with Gasteiger partial charge < -0.3 is 15.8 Å². The number of benzene rings is 1. The lowest BCUT2D eigenvalue weighted by molar-refractivity contribution is 0.0105. The summed E-state index contributed by atoms with van der Waals surface area (Å²) >= 11 is 0. The molecule has 1 unspecified atom stereocenters. The van der Waals surface area contributed by atoms with E-state index in [4.69, 9.17) is 10.5 Å². The summed E-state index contributed by atoms with van der Waals surface area (Å²) in [6.45, 7) is 6.01. The fraction of sp³-hybridized carbons (Fsp3) is 0.632. The molecule has 4 nitrogen and oxygen atoms in total. The summed E-state index contributed by atoms with van der Waals surface area (Å²) in [7, 11) is 0. The Labute approximate surface area is 163 Å². The van der Waals surface area contributed by atoms with Crippen LogP contribution in [0.2, 0.25) is 0 Å². The van der Waals surface area contributed by atoms with Gasteiger partial charge in [0.05, 0.1) is 6.10 Å². The molecule has 0 saturated carbocycles. The molecule has 0 bridgehead atoms. The van der Waals surface area contributed by atoms with Gasteiger partial charge in [-0.1, -0.05) is 32.0 Å². The molecule has 3 N–H and O–H groups in total. The highest BCUT2D eigenvalue weighted by atomic mass is 127. The first-order valence-corrected chi connectivity index (χ1v) is 9.03. The van der Waals surface area contributed by atoms with Crippen LogP contribution in [0.25, 0.3) is 0 Å². The van der Waals surface area contributed by atoms with Gasteiger partial charge in [-0.15, -0.1) is 24.0 Å². The van der Waals surface area contributed by atoms with Gasteiger partial charge >= 0.3 is 0 Å². The molecular weight excluding hydrogens is 413 g/mol. The molecule has 0 aliphatic carbocycles. The molecule has 1 aromatic rings. The number of hydrogen-bond acceptors (Lipinski definition) is 2. The summed E-state index contributed by atoms with van der Waals surface area (Å²) in [4.78, 5) is 4.48. The monoisotopic (exact) mass is 445 g/mol. The Bertz CT molecular complexity index is 491. The van der Waals surface area contributed by atoms with Crippen LogP contribution in [-0.2, 0) is 17.6 Å². The third kappa shape index (κ3) is 6.59. The van der Waals surface area contributed by atoms with Gasteiger partial charge in [-0.25, -0.2) is 0 Å². The Balaban J connectivity index is 0.00000288. The first-order chi connectivity index (χ1) is 11.2. The van der Waals surface area contributed by atoms with Crippen LogP contribution in [0.1, 0.15) is 57.1 Å². The molecule has 5 heteroatoms. The Morgan fingerprint density at radius 3 is 2.54 bits per heavy atom. The van der Waals surface area contributed by atoms with Gasteiger partial charge in [0.1, 0.15) is 0 Å². The molecule has 1 aliphatic rings. The number of anilines is 1. The maximum atomic E-state index is 6.08. The van der Waals surface area contributed by atoms with Gasteiger partial charge in [0.15, 0.2) is 5.96 Å². The number of para-hydroxylation sites is 1. The predicted molar refractivity (Wildman–Crippen MR) is 114 cm³/mol. The zero-order valence-electron chi connectivity index (χ0n) is 15.0. The summed E-state index contributed by atoms with van der Waals surface area (Å²) < 4.78 is 5.75. The van der Waals surface area contributed by atoms with Crippen LogP contribution in [0.3, 0.4) is 0 Å². The van der Waals surface area contributed by atoms with Gasteiger partial charge in [0, 0.05) is 18.8 Å². The number of nitrogens with two attached hydrogens (primary N) is 1. The van der Waals surface area contributed by atoms with E-state index in [1.165, 1.54) is 30.4 Å². The first-order valence-electron chi connectivity index (χ1n) is 9.03. The quantitative estimate of drug-likeness (QED) is 0.281. The standard InChI is InChI=1S/C19H31N3O.HI/c1-3-15-9-7-10-16(4-2)18(15)22-19(20)21-13-8-12-17-11-5-6-14-23-17;/h7,9-10,17H,3-6,8,11-14H2,1-2H3,(H3,20,21,22);1H. The molecule has 24 heavy (non-hydrogen) atoms. The average Bonchev–Trinajstić information content (AvgIpc) is 2.60. The first kappa shape index (κ1) is 21.2. The van der Waals surface area contributed by atoms with E-state index in [9.17, 15) is 0 Å². The molecule has 1 atom stereocenters. The van der Waals surface area contributed by atoms with Gasteiger partial charge in [0.25, 0.3) is 0 Å². The van der Waals surface area contributed by atoms with Crippen molar-refractivity contribution in [1.82, 2.24) is 0 Å². The van der Waals surface area contributed by atoms with Crippen LogP contribution in [0.5, 0.6) is 0 Å². The molecule has 1 aromatic carbocycles. The summed E-state index contributed by atoms with van der Waals surface area (Å²) in [6.07, 6.45) is 8.23. The molecule has 1 saturated heterocycles. The lowest BCUT2D eigenvalue weighted by atomic mass is 10.0. The SMILES string of the molecule is CCc1cccc(CC)c1NC(N)=NCCCC1CCCCO1.I. The molecule has 0 aromatic heterocycles. The topological polar surface area (TPSA) is 59.6 Å². The Morgan fingerprint density at radius 2 is 1.96 bits per heavy atom. The van der Waals surface area contributed by atoms with Crippen molar-refractivity contribution in [3.05, 3.63) is 29.3 Å². The summed E-state index contributed by atoms with van der Waals surface area (Å²) in [5.74, 6) is 0.519. The highest BCUT2D eigenvalue weighted by Gasteiger charge is 2.13. The number of aryl methyl sites for hydroxylation is 2.